The number of amides is 2. The summed E-state index contributed by atoms with van der Waals surface area (Å²) in [5.74, 6) is 2.35. The van der Waals surface area contributed by atoms with Crippen molar-refractivity contribution in [1.82, 2.24) is 19.8 Å². The van der Waals surface area contributed by atoms with Gasteiger partial charge < -0.3 is 13.8 Å². The number of hydrogen-bond donors (Lipinski definition) is 1. The van der Waals surface area contributed by atoms with Crippen molar-refractivity contribution in [3.63, 3.8) is 0 Å². The summed E-state index contributed by atoms with van der Waals surface area (Å²) in [6, 6.07) is 5.22. The highest BCUT2D eigenvalue weighted by Gasteiger charge is 2.22. The smallest absolute Gasteiger partial charge is 0.323 e. The van der Waals surface area contributed by atoms with Gasteiger partial charge in [-0.25, -0.2) is 9.48 Å². The van der Waals surface area contributed by atoms with Crippen LogP contribution in [0.1, 0.15) is 35.6 Å². The molecule has 8 nitrogen and oxygen atoms in total. The molecule has 1 aliphatic rings. The van der Waals surface area contributed by atoms with E-state index >= 15 is 0 Å². The second-order valence-corrected chi connectivity index (χ2v) is 6.48. The van der Waals surface area contributed by atoms with Gasteiger partial charge in [-0.3, -0.25) is 5.32 Å². The van der Waals surface area contributed by atoms with E-state index in [1.54, 1.807) is 35.2 Å². The Hall–Kier alpha value is -3.03. The Morgan fingerprint density at radius 1 is 1.35 bits per heavy atom. The summed E-state index contributed by atoms with van der Waals surface area (Å²) >= 11 is 0. The molecule has 0 spiro atoms. The first-order chi connectivity index (χ1) is 12.7. The minimum absolute atomic E-state index is 0.223. The SMILES string of the molecule is CN(Cc1noc2c1CCCC2)C(=O)Nc1ccnn1Cc1ccco1. The Morgan fingerprint density at radius 3 is 3.08 bits per heavy atom. The van der Waals surface area contributed by atoms with Gasteiger partial charge >= 0.3 is 6.03 Å². The van der Waals surface area contributed by atoms with Crippen molar-refractivity contribution in [3.05, 3.63) is 53.4 Å². The molecule has 0 aliphatic heterocycles. The van der Waals surface area contributed by atoms with Crippen LogP contribution in [0.25, 0.3) is 0 Å². The lowest BCUT2D eigenvalue weighted by molar-refractivity contribution is 0.219. The largest absolute Gasteiger partial charge is 0.467 e. The second kappa shape index (κ2) is 7.07. The molecule has 136 valence electrons. The molecule has 3 heterocycles. The lowest BCUT2D eigenvalue weighted by Gasteiger charge is -2.18. The Bertz CT molecular complexity index is 881. The summed E-state index contributed by atoms with van der Waals surface area (Å²) in [5.41, 5.74) is 2.01. The monoisotopic (exact) mass is 355 g/mol. The molecule has 0 saturated carbocycles. The minimum atomic E-state index is -0.223. The van der Waals surface area contributed by atoms with E-state index < -0.39 is 0 Å². The first-order valence-corrected chi connectivity index (χ1v) is 8.73. The molecule has 0 fully saturated rings. The third-order valence-electron chi connectivity index (χ3n) is 4.60. The van der Waals surface area contributed by atoms with Crippen molar-refractivity contribution in [1.29, 1.82) is 0 Å². The van der Waals surface area contributed by atoms with Crippen LogP contribution in [-0.2, 0) is 25.9 Å². The number of nitrogens with zero attached hydrogens (tertiary/aromatic N) is 4. The fourth-order valence-electron chi connectivity index (χ4n) is 3.19. The van der Waals surface area contributed by atoms with Crippen molar-refractivity contribution < 1.29 is 13.7 Å². The Balaban J connectivity index is 1.40. The number of carbonyl (C=O) groups excluding carboxylic acids is 1. The van der Waals surface area contributed by atoms with E-state index in [1.807, 2.05) is 12.1 Å². The third-order valence-corrected chi connectivity index (χ3v) is 4.60. The van der Waals surface area contributed by atoms with Gasteiger partial charge in [-0.05, 0) is 31.4 Å². The maximum Gasteiger partial charge on any atom is 0.323 e. The number of nitrogens with one attached hydrogen (secondary N) is 1. The lowest BCUT2D eigenvalue weighted by Crippen LogP contribution is -2.32. The van der Waals surface area contributed by atoms with Gasteiger partial charge in [0, 0.05) is 25.1 Å². The molecule has 0 unspecified atom stereocenters. The summed E-state index contributed by atoms with van der Waals surface area (Å²) in [6.07, 6.45) is 7.44. The minimum Gasteiger partial charge on any atom is -0.467 e. The molecular formula is C18H21N5O3. The summed E-state index contributed by atoms with van der Waals surface area (Å²) in [4.78, 5) is 14.1. The van der Waals surface area contributed by atoms with E-state index in [0.717, 1.165) is 42.9 Å². The summed E-state index contributed by atoms with van der Waals surface area (Å²) in [7, 11) is 1.74. The number of aromatic nitrogens is 3. The van der Waals surface area contributed by atoms with Gasteiger partial charge in [0.15, 0.2) is 0 Å². The van der Waals surface area contributed by atoms with Crippen LogP contribution in [-0.4, -0.2) is 32.9 Å². The fourth-order valence-corrected chi connectivity index (χ4v) is 3.19. The average Bonchev–Trinajstić information content (AvgIpc) is 3.38. The standard InChI is InChI=1S/C18H21N5O3/c1-22(12-15-14-6-2-3-7-16(14)26-21-15)18(24)20-17-8-9-19-23(17)11-13-5-4-10-25-13/h4-5,8-10H,2-3,6-7,11-12H2,1H3,(H,20,24). The lowest BCUT2D eigenvalue weighted by atomic mass is 9.96. The third kappa shape index (κ3) is 3.35. The molecule has 0 radical (unpaired) electrons. The number of hydrogen-bond acceptors (Lipinski definition) is 5. The van der Waals surface area contributed by atoms with Gasteiger partial charge in [0.05, 0.1) is 19.0 Å². The zero-order chi connectivity index (χ0) is 17.9. The van der Waals surface area contributed by atoms with Crippen molar-refractivity contribution >= 4 is 11.8 Å². The Kier molecular flexibility index (Phi) is 4.47. The van der Waals surface area contributed by atoms with Crippen molar-refractivity contribution in [2.24, 2.45) is 0 Å². The first-order valence-electron chi connectivity index (χ1n) is 8.73. The highest BCUT2D eigenvalue weighted by Crippen LogP contribution is 2.25. The molecule has 1 aliphatic carbocycles. The number of carbonyl (C=O) groups is 1. The predicted molar refractivity (Wildman–Crippen MR) is 93.7 cm³/mol. The second-order valence-electron chi connectivity index (χ2n) is 6.48. The van der Waals surface area contributed by atoms with Gasteiger partial charge in [0.25, 0.3) is 0 Å². The number of rotatable bonds is 5. The quantitative estimate of drug-likeness (QED) is 0.760. The highest BCUT2D eigenvalue weighted by atomic mass is 16.5. The molecule has 3 aromatic heterocycles. The van der Waals surface area contributed by atoms with Crippen LogP contribution in [0.3, 0.4) is 0 Å². The van der Waals surface area contributed by atoms with Crippen LogP contribution >= 0.6 is 0 Å². The Morgan fingerprint density at radius 2 is 2.23 bits per heavy atom. The molecule has 0 bridgehead atoms. The van der Waals surface area contributed by atoms with Crippen LogP contribution in [0.5, 0.6) is 0 Å². The Labute approximate surface area is 150 Å². The highest BCUT2D eigenvalue weighted by molar-refractivity contribution is 5.88. The summed E-state index contributed by atoms with van der Waals surface area (Å²) in [6.45, 7) is 0.868. The van der Waals surface area contributed by atoms with E-state index in [-0.39, 0.29) is 6.03 Å². The zero-order valence-corrected chi connectivity index (χ0v) is 14.6. The van der Waals surface area contributed by atoms with Crippen LogP contribution in [0, 0.1) is 0 Å². The van der Waals surface area contributed by atoms with Crippen LogP contribution in [0.4, 0.5) is 10.6 Å². The molecule has 3 aromatic rings. The molecule has 1 N–H and O–H groups in total. The molecule has 8 heteroatoms. The molecule has 0 aromatic carbocycles. The van der Waals surface area contributed by atoms with Crippen molar-refractivity contribution in [3.8, 4) is 0 Å². The average molecular weight is 355 g/mol. The summed E-state index contributed by atoms with van der Waals surface area (Å²) in [5, 5.41) is 11.3. The van der Waals surface area contributed by atoms with Crippen LogP contribution < -0.4 is 5.32 Å². The zero-order valence-electron chi connectivity index (χ0n) is 14.6. The van der Waals surface area contributed by atoms with Gasteiger partial charge in [-0.2, -0.15) is 5.10 Å². The number of furan rings is 1. The van der Waals surface area contributed by atoms with Crippen molar-refractivity contribution in [2.75, 3.05) is 12.4 Å². The first kappa shape index (κ1) is 16.4. The predicted octanol–water partition coefficient (Wildman–Crippen LogP) is 3.06. The van der Waals surface area contributed by atoms with Gasteiger partial charge in [0.2, 0.25) is 0 Å². The molecule has 0 saturated heterocycles. The van der Waals surface area contributed by atoms with Crippen molar-refractivity contribution in [2.45, 2.75) is 38.8 Å². The maximum atomic E-state index is 12.6. The molecule has 4 rings (SSSR count). The number of fused-ring (bicyclic) bond motifs is 1. The molecule has 26 heavy (non-hydrogen) atoms. The summed E-state index contributed by atoms with van der Waals surface area (Å²) < 4.78 is 12.4. The number of urea groups is 1. The van der Waals surface area contributed by atoms with Gasteiger partial charge in [-0.15, -0.1) is 0 Å². The van der Waals surface area contributed by atoms with E-state index in [2.05, 4.69) is 15.6 Å². The van der Waals surface area contributed by atoms with Gasteiger partial charge in [-0.1, -0.05) is 5.16 Å². The van der Waals surface area contributed by atoms with E-state index in [9.17, 15) is 4.79 Å². The van der Waals surface area contributed by atoms with E-state index in [0.29, 0.717) is 18.9 Å². The number of anilines is 1. The maximum absolute atomic E-state index is 12.6. The van der Waals surface area contributed by atoms with Crippen LogP contribution in [0.15, 0.2) is 39.6 Å². The number of aryl methyl sites for hydroxylation is 1. The normalized spacial score (nSPS) is 13.4. The van der Waals surface area contributed by atoms with E-state index in [1.165, 1.54) is 5.56 Å². The molecular weight excluding hydrogens is 334 g/mol. The van der Waals surface area contributed by atoms with Gasteiger partial charge in [0.1, 0.15) is 29.6 Å². The molecule has 2 amide bonds. The topological polar surface area (TPSA) is 89.3 Å². The van der Waals surface area contributed by atoms with E-state index in [4.69, 9.17) is 8.94 Å². The molecule has 0 atom stereocenters. The fraction of sp³-hybridized carbons (Fsp3) is 0.389. The van der Waals surface area contributed by atoms with Crippen LogP contribution in [0.2, 0.25) is 0 Å².